The van der Waals surface area contributed by atoms with Crippen LogP contribution in [-0.4, -0.2) is 63.1 Å². The summed E-state index contributed by atoms with van der Waals surface area (Å²) in [4.78, 5) is 14.6. The molecule has 2 aromatic rings. The highest BCUT2D eigenvalue weighted by Gasteiger charge is 2.26. The van der Waals surface area contributed by atoms with E-state index < -0.39 is 10.0 Å². The van der Waals surface area contributed by atoms with E-state index in [9.17, 15) is 13.2 Å². The smallest absolute Gasteiger partial charge is 0.246 e. The fraction of sp³-hybridized carbons (Fsp3) is 0.522. The summed E-state index contributed by atoms with van der Waals surface area (Å²) in [6.07, 6.45) is 7.12. The van der Waals surface area contributed by atoms with Crippen LogP contribution in [0.2, 0.25) is 0 Å². The number of benzene rings is 1. The number of furan rings is 1. The first-order valence-electron chi connectivity index (χ1n) is 10.7. The lowest BCUT2D eigenvalue weighted by molar-refractivity contribution is -0.127. The van der Waals surface area contributed by atoms with Gasteiger partial charge >= 0.3 is 0 Å². The molecule has 1 aliphatic carbocycles. The molecule has 0 saturated carbocycles. The molecule has 8 heteroatoms. The third-order valence-electron chi connectivity index (χ3n) is 6.41. The van der Waals surface area contributed by atoms with Crippen LogP contribution in [0.4, 0.5) is 0 Å². The van der Waals surface area contributed by atoms with Gasteiger partial charge in [-0.25, -0.2) is 8.42 Å². The Morgan fingerprint density at radius 2 is 1.84 bits per heavy atom. The van der Waals surface area contributed by atoms with Gasteiger partial charge in [0.1, 0.15) is 17.1 Å². The zero-order valence-electron chi connectivity index (χ0n) is 18.7. The Bertz CT molecular complexity index is 1150. The number of hydrogen-bond acceptors (Lipinski definition) is 5. The van der Waals surface area contributed by atoms with Gasteiger partial charge in [-0.15, -0.1) is 0 Å². The summed E-state index contributed by atoms with van der Waals surface area (Å²) in [6, 6.07) is 2.09. The first-order valence-corrected chi connectivity index (χ1v) is 12.6. The van der Waals surface area contributed by atoms with Gasteiger partial charge in [0.2, 0.25) is 15.9 Å². The van der Waals surface area contributed by atoms with Crippen LogP contribution < -0.4 is 4.74 Å². The van der Waals surface area contributed by atoms with E-state index in [1.165, 1.54) is 16.1 Å². The van der Waals surface area contributed by atoms with Gasteiger partial charge in [-0.2, -0.15) is 4.31 Å². The Hall–Kier alpha value is -2.32. The molecular formula is C23H30N2O5S. The zero-order chi connectivity index (χ0) is 22.3. The molecule has 168 valence electrons. The normalized spacial score (nSPS) is 18.3. The van der Waals surface area contributed by atoms with Gasteiger partial charge < -0.3 is 14.1 Å². The zero-order valence-corrected chi connectivity index (χ0v) is 19.5. The molecule has 1 aromatic carbocycles. The predicted octanol–water partition coefficient (Wildman–Crippen LogP) is 3.14. The Morgan fingerprint density at radius 1 is 1.16 bits per heavy atom. The lowest BCUT2D eigenvalue weighted by Gasteiger charge is -2.32. The van der Waals surface area contributed by atoms with Crippen LogP contribution >= 0.6 is 0 Å². The minimum absolute atomic E-state index is 0.111. The van der Waals surface area contributed by atoms with Crippen LogP contribution in [-0.2, 0) is 27.7 Å². The lowest BCUT2D eigenvalue weighted by atomic mass is 9.93. The molecule has 0 bridgehead atoms. The van der Waals surface area contributed by atoms with Crippen molar-refractivity contribution in [2.45, 2.75) is 39.5 Å². The first kappa shape index (κ1) is 21.9. The molecule has 0 N–H and O–H groups in total. The van der Waals surface area contributed by atoms with Crippen molar-refractivity contribution in [3.05, 3.63) is 34.6 Å². The number of aryl methyl sites for hydroxylation is 3. The molecule has 0 radical (unpaired) electrons. The molecule has 0 spiro atoms. The van der Waals surface area contributed by atoms with Crippen LogP contribution in [0.15, 0.2) is 16.6 Å². The second-order valence-corrected chi connectivity index (χ2v) is 10.5. The van der Waals surface area contributed by atoms with E-state index in [1.807, 2.05) is 13.8 Å². The maximum atomic E-state index is 12.9. The van der Waals surface area contributed by atoms with Gasteiger partial charge in [0.05, 0.1) is 13.4 Å². The second kappa shape index (κ2) is 8.31. The molecule has 0 atom stereocenters. The van der Waals surface area contributed by atoms with E-state index in [0.717, 1.165) is 64.9 Å². The summed E-state index contributed by atoms with van der Waals surface area (Å²) in [6.45, 7) is 5.35. The molecule has 0 unspecified atom stereocenters. The minimum Gasteiger partial charge on any atom is -0.496 e. The Labute approximate surface area is 183 Å². The number of nitrogens with zero attached hydrogens (tertiary/aromatic N) is 2. The third kappa shape index (κ3) is 4.11. The quantitative estimate of drug-likeness (QED) is 0.674. The highest BCUT2D eigenvalue weighted by molar-refractivity contribution is 7.88. The average Bonchev–Trinajstić information content (AvgIpc) is 3.12. The number of ether oxygens (including phenoxy) is 1. The van der Waals surface area contributed by atoms with E-state index >= 15 is 0 Å². The van der Waals surface area contributed by atoms with Crippen molar-refractivity contribution in [1.29, 1.82) is 0 Å². The molecule has 1 aliphatic heterocycles. The van der Waals surface area contributed by atoms with Gasteiger partial charge in [0.25, 0.3) is 0 Å². The highest BCUT2D eigenvalue weighted by atomic mass is 32.2. The lowest BCUT2D eigenvalue weighted by Crippen LogP contribution is -2.49. The number of hydrogen-bond donors (Lipinski definition) is 0. The van der Waals surface area contributed by atoms with Crippen molar-refractivity contribution in [3.63, 3.8) is 0 Å². The van der Waals surface area contributed by atoms with Crippen molar-refractivity contribution in [2.24, 2.45) is 0 Å². The Kier molecular flexibility index (Phi) is 5.87. The van der Waals surface area contributed by atoms with Gasteiger partial charge in [-0.05, 0) is 44.7 Å². The second-order valence-electron chi connectivity index (χ2n) is 8.48. The van der Waals surface area contributed by atoms with E-state index in [1.54, 1.807) is 18.1 Å². The molecule has 1 aromatic heterocycles. The van der Waals surface area contributed by atoms with E-state index in [-0.39, 0.29) is 5.91 Å². The summed E-state index contributed by atoms with van der Waals surface area (Å²) in [7, 11) is -1.58. The van der Waals surface area contributed by atoms with Crippen LogP contribution in [0.5, 0.6) is 5.75 Å². The predicted molar refractivity (Wildman–Crippen MR) is 121 cm³/mol. The number of allylic oxidation sites excluding steroid dienone is 1. The summed E-state index contributed by atoms with van der Waals surface area (Å²) in [5.41, 5.74) is 4.83. The molecule has 31 heavy (non-hydrogen) atoms. The maximum absolute atomic E-state index is 12.9. The van der Waals surface area contributed by atoms with Crippen molar-refractivity contribution in [3.8, 4) is 5.75 Å². The SMILES string of the molecule is COc1c(/C(C)=C/C(=O)N2CCN(S(C)(=O)=O)CC2)cc2c3c(oc2c1C)CCCC3. The first-order chi connectivity index (χ1) is 14.7. The van der Waals surface area contributed by atoms with Crippen LogP contribution in [0.3, 0.4) is 0 Å². The topological polar surface area (TPSA) is 80.1 Å². The van der Waals surface area contributed by atoms with Crippen molar-refractivity contribution in [1.82, 2.24) is 9.21 Å². The fourth-order valence-corrected chi connectivity index (χ4v) is 5.51. The molecule has 7 nitrogen and oxygen atoms in total. The van der Waals surface area contributed by atoms with Gasteiger partial charge in [-0.3, -0.25) is 4.79 Å². The number of piperazine rings is 1. The van der Waals surface area contributed by atoms with Gasteiger partial charge in [0.15, 0.2) is 0 Å². The third-order valence-corrected chi connectivity index (χ3v) is 7.72. The standard InChI is InChI=1S/C23H30N2O5S/c1-15(13-21(26)24-9-11-25(12-10-24)31(4,27)28)18-14-19-17-7-5-6-8-20(17)30-23(19)16(2)22(18)29-3/h13-14H,5-12H2,1-4H3/b15-13+. The summed E-state index contributed by atoms with van der Waals surface area (Å²) >= 11 is 0. The largest absolute Gasteiger partial charge is 0.496 e. The van der Waals surface area contributed by atoms with Gasteiger partial charge in [0, 0.05) is 60.8 Å². The van der Waals surface area contributed by atoms with E-state index in [2.05, 4.69) is 6.07 Å². The van der Waals surface area contributed by atoms with Crippen LogP contribution in [0, 0.1) is 6.92 Å². The molecule has 1 amide bonds. The number of methoxy groups -OCH3 is 1. The van der Waals surface area contributed by atoms with Crippen LogP contribution in [0.1, 0.15) is 42.2 Å². The van der Waals surface area contributed by atoms with E-state index in [4.69, 9.17) is 9.15 Å². The molecule has 2 heterocycles. The van der Waals surface area contributed by atoms with Crippen molar-refractivity contribution < 1.29 is 22.4 Å². The number of amides is 1. The van der Waals surface area contributed by atoms with Crippen molar-refractivity contribution >= 4 is 32.5 Å². The van der Waals surface area contributed by atoms with Gasteiger partial charge in [-0.1, -0.05) is 0 Å². The molecule has 1 fully saturated rings. The summed E-state index contributed by atoms with van der Waals surface area (Å²) in [5, 5.41) is 1.12. The number of fused-ring (bicyclic) bond motifs is 3. The maximum Gasteiger partial charge on any atom is 0.246 e. The van der Waals surface area contributed by atoms with Crippen molar-refractivity contribution in [2.75, 3.05) is 39.5 Å². The molecule has 4 rings (SSSR count). The Morgan fingerprint density at radius 3 is 2.48 bits per heavy atom. The monoisotopic (exact) mass is 446 g/mol. The molecular weight excluding hydrogens is 416 g/mol. The number of rotatable bonds is 4. The summed E-state index contributed by atoms with van der Waals surface area (Å²) < 4.78 is 36.7. The molecule has 2 aliphatic rings. The Balaban J connectivity index is 1.64. The number of carbonyl (C=O) groups excluding carboxylic acids is 1. The fourth-order valence-electron chi connectivity index (χ4n) is 4.69. The van der Waals surface area contributed by atoms with E-state index in [0.29, 0.717) is 26.2 Å². The average molecular weight is 447 g/mol. The highest BCUT2D eigenvalue weighted by Crippen LogP contribution is 2.41. The number of carbonyl (C=O) groups is 1. The summed E-state index contributed by atoms with van der Waals surface area (Å²) in [5.74, 6) is 1.69. The number of sulfonamides is 1. The minimum atomic E-state index is -3.22. The molecule has 1 saturated heterocycles. The van der Waals surface area contributed by atoms with Crippen LogP contribution in [0.25, 0.3) is 16.5 Å².